The van der Waals surface area contributed by atoms with Crippen LogP contribution in [0.3, 0.4) is 0 Å². The van der Waals surface area contributed by atoms with Crippen LogP contribution in [0.2, 0.25) is 0 Å². The van der Waals surface area contributed by atoms with Gasteiger partial charge in [-0.05, 0) is 77.2 Å². The molecule has 0 unspecified atom stereocenters. The first-order valence-corrected chi connectivity index (χ1v) is 19.1. The van der Waals surface area contributed by atoms with E-state index in [9.17, 15) is 0 Å². The zero-order valence-electron chi connectivity index (χ0n) is 29.2. The molecule has 8 aromatic carbocycles. The van der Waals surface area contributed by atoms with E-state index in [-0.39, 0.29) is 0 Å². The fourth-order valence-electron chi connectivity index (χ4n) is 8.09. The maximum Gasteiger partial charge on any atom is 0.164 e. The Kier molecular flexibility index (Phi) is 6.44. The topological polar surface area (TPSA) is 65.0 Å². The van der Waals surface area contributed by atoms with Crippen molar-refractivity contribution in [1.29, 1.82) is 0 Å². The second-order valence-corrected chi connectivity index (χ2v) is 15.0. The van der Waals surface area contributed by atoms with Crippen LogP contribution < -0.4 is 0 Å². The summed E-state index contributed by atoms with van der Waals surface area (Å²) in [7, 11) is 0. The number of furan rings is 2. The predicted octanol–water partition coefficient (Wildman–Crippen LogP) is 13.9. The third-order valence-corrected chi connectivity index (χ3v) is 11.9. The largest absolute Gasteiger partial charge is 0.456 e. The molecule has 0 bridgehead atoms. The second kappa shape index (κ2) is 11.7. The lowest BCUT2D eigenvalue weighted by Crippen LogP contribution is -2.00. The van der Waals surface area contributed by atoms with Gasteiger partial charge in [-0.25, -0.2) is 15.0 Å². The van der Waals surface area contributed by atoms with Crippen molar-refractivity contribution in [2.45, 2.75) is 0 Å². The number of thiophene rings is 1. The molecule has 0 aliphatic carbocycles. The molecule has 0 N–H and O–H groups in total. The van der Waals surface area contributed by atoms with Crippen LogP contribution in [0.25, 0.3) is 120 Å². The van der Waals surface area contributed by atoms with E-state index in [4.69, 9.17) is 23.8 Å². The Morgan fingerprint density at radius 3 is 1.96 bits per heavy atom. The highest BCUT2D eigenvalue weighted by atomic mass is 32.1. The first-order chi connectivity index (χ1) is 27.2. The fourth-order valence-corrected chi connectivity index (χ4v) is 9.17. The van der Waals surface area contributed by atoms with Gasteiger partial charge in [-0.3, -0.25) is 0 Å². The highest BCUT2D eigenvalue weighted by Crippen LogP contribution is 2.42. The molecule has 12 aromatic rings. The molecule has 0 aliphatic rings. The summed E-state index contributed by atoms with van der Waals surface area (Å²) in [4.78, 5) is 15.6. The van der Waals surface area contributed by atoms with Crippen LogP contribution in [0, 0.1) is 0 Å². The minimum absolute atomic E-state index is 0.576. The van der Waals surface area contributed by atoms with Crippen molar-refractivity contribution in [2.24, 2.45) is 0 Å². The van der Waals surface area contributed by atoms with Crippen LogP contribution in [0.4, 0.5) is 0 Å². The number of aromatic nitrogens is 3. The van der Waals surface area contributed by atoms with Gasteiger partial charge in [-0.1, -0.05) is 103 Å². The van der Waals surface area contributed by atoms with Crippen LogP contribution in [0.5, 0.6) is 0 Å². The molecule has 0 radical (unpaired) electrons. The van der Waals surface area contributed by atoms with E-state index < -0.39 is 0 Å². The first-order valence-electron chi connectivity index (χ1n) is 18.3. The average molecular weight is 722 g/mol. The number of benzene rings is 8. The Hall–Kier alpha value is -7.15. The Morgan fingerprint density at radius 1 is 0.364 bits per heavy atom. The molecule has 0 saturated heterocycles. The van der Waals surface area contributed by atoms with Crippen molar-refractivity contribution in [3.05, 3.63) is 164 Å². The molecule has 0 fully saturated rings. The Labute approximate surface area is 317 Å². The Morgan fingerprint density at radius 2 is 1.05 bits per heavy atom. The minimum atomic E-state index is 0.576. The predicted molar refractivity (Wildman–Crippen MR) is 227 cm³/mol. The number of hydrogen-bond acceptors (Lipinski definition) is 6. The van der Waals surface area contributed by atoms with Gasteiger partial charge in [0.05, 0.1) is 0 Å². The van der Waals surface area contributed by atoms with E-state index in [0.717, 1.165) is 82.5 Å². The zero-order valence-corrected chi connectivity index (χ0v) is 30.0. The molecule has 256 valence electrons. The summed E-state index contributed by atoms with van der Waals surface area (Å²) in [5.41, 5.74) is 8.10. The lowest BCUT2D eigenvalue weighted by Gasteiger charge is -2.11. The molecular formula is C49H27N3O2S. The lowest BCUT2D eigenvalue weighted by atomic mass is 9.97. The minimum Gasteiger partial charge on any atom is -0.456 e. The SMILES string of the molecule is c1ccc(-c2nc(-c3ccc4oc5c6ccccc6ccc5c4c3)nc(-c3cc(-c4ccc5sc6ccccc6c5c4)cc4oc5ccccc5c34)n2)cc1. The van der Waals surface area contributed by atoms with E-state index >= 15 is 0 Å². The first kappa shape index (κ1) is 30.3. The van der Waals surface area contributed by atoms with E-state index in [2.05, 4.69) is 103 Å². The molecule has 5 nitrogen and oxygen atoms in total. The second-order valence-electron chi connectivity index (χ2n) is 14.0. The zero-order chi connectivity index (χ0) is 36.0. The summed E-state index contributed by atoms with van der Waals surface area (Å²) in [6.07, 6.45) is 0. The number of para-hydroxylation sites is 1. The van der Waals surface area contributed by atoms with E-state index in [1.165, 1.54) is 20.2 Å². The number of nitrogens with zero attached hydrogens (tertiary/aromatic N) is 3. The number of fused-ring (bicyclic) bond motifs is 11. The third kappa shape index (κ3) is 4.75. The van der Waals surface area contributed by atoms with E-state index in [1.54, 1.807) is 0 Å². The Balaban J connectivity index is 1.11. The van der Waals surface area contributed by atoms with Gasteiger partial charge in [0.15, 0.2) is 17.5 Å². The molecule has 0 saturated carbocycles. The van der Waals surface area contributed by atoms with Gasteiger partial charge in [-0.2, -0.15) is 0 Å². The van der Waals surface area contributed by atoms with Crippen LogP contribution in [-0.4, -0.2) is 15.0 Å². The number of rotatable bonds is 4. The van der Waals surface area contributed by atoms with Gasteiger partial charge < -0.3 is 8.83 Å². The summed E-state index contributed by atoms with van der Waals surface area (Å²) in [5, 5.41) is 8.81. The molecule has 6 heteroatoms. The quantitative estimate of drug-likeness (QED) is 0.181. The highest BCUT2D eigenvalue weighted by Gasteiger charge is 2.21. The molecule has 12 rings (SSSR count). The molecule has 55 heavy (non-hydrogen) atoms. The standard InChI is InChI=1S/C49H27N3O2S/c1-2-11-29(12-3-1)47-50-48(31-19-22-41-37(25-31)35-21-18-28-10-4-5-13-33(28)46(35)54-41)52-49(51-47)39-26-32(27-42-45(39)36-15-6-8-16-40(36)53-42)30-20-23-44-38(24-30)34-14-7-9-17-43(34)55-44/h1-27H. The van der Waals surface area contributed by atoms with E-state index in [0.29, 0.717) is 17.5 Å². The van der Waals surface area contributed by atoms with Crippen LogP contribution in [0.15, 0.2) is 173 Å². The smallest absolute Gasteiger partial charge is 0.164 e. The summed E-state index contributed by atoms with van der Waals surface area (Å²) in [6.45, 7) is 0. The normalized spacial score (nSPS) is 12.0. The highest BCUT2D eigenvalue weighted by molar-refractivity contribution is 7.25. The summed E-state index contributed by atoms with van der Waals surface area (Å²) in [5.74, 6) is 1.76. The van der Waals surface area contributed by atoms with Crippen LogP contribution >= 0.6 is 11.3 Å². The summed E-state index contributed by atoms with van der Waals surface area (Å²) in [6, 6.07) is 56.8. The molecule has 0 amide bonds. The lowest BCUT2D eigenvalue weighted by molar-refractivity contribution is 0.669. The van der Waals surface area contributed by atoms with Gasteiger partial charge in [0.25, 0.3) is 0 Å². The van der Waals surface area contributed by atoms with Crippen LogP contribution in [0.1, 0.15) is 0 Å². The molecule has 4 heterocycles. The molecule has 0 atom stereocenters. The van der Waals surface area contributed by atoms with Crippen molar-refractivity contribution in [3.63, 3.8) is 0 Å². The molecule has 4 aromatic heterocycles. The molecular weight excluding hydrogens is 695 g/mol. The molecule has 0 spiro atoms. The van der Waals surface area contributed by atoms with Gasteiger partial charge in [0, 0.05) is 63.8 Å². The fraction of sp³-hybridized carbons (Fsp3) is 0. The Bertz CT molecular complexity index is 3510. The van der Waals surface area contributed by atoms with Crippen molar-refractivity contribution in [3.8, 4) is 45.3 Å². The van der Waals surface area contributed by atoms with Gasteiger partial charge >= 0.3 is 0 Å². The average Bonchev–Trinajstić information content (AvgIpc) is 3.94. The van der Waals surface area contributed by atoms with Crippen molar-refractivity contribution in [1.82, 2.24) is 15.0 Å². The maximum absolute atomic E-state index is 6.58. The summed E-state index contributed by atoms with van der Waals surface area (Å²) >= 11 is 1.82. The summed E-state index contributed by atoms with van der Waals surface area (Å²) < 4.78 is 15.6. The van der Waals surface area contributed by atoms with Crippen molar-refractivity contribution >= 4 is 86.2 Å². The van der Waals surface area contributed by atoms with Gasteiger partial charge in [0.2, 0.25) is 0 Å². The van der Waals surface area contributed by atoms with Gasteiger partial charge in [0.1, 0.15) is 22.3 Å². The van der Waals surface area contributed by atoms with Gasteiger partial charge in [-0.15, -0.1) is 11.3 Å². The van der Waals surface area contributed by atoms with E-state index in [1.807, 2.05) is 72.0 Å². The maximum atomic E-state index is 6.58. The third-order valence-electron chi connectivity index (χ3n) is 10.7. The molecule has 0 aliphatic heterocycles. The van der Waals surface area contributed by atoms with Crippen molar-refractivity contribution < 1.29 is 8.83 Å². The monoisotopic (exact) mass is 721 g/mol. The van der Waals surface area contributed by atoms with Crippen molar-refractivity contribution in [2.75, 3.05) is 0 Å². The number of hydrogen-bond donors (Lipinski definition) is 0. The van der Waals surface area contributed by atoms with Crippen LogP contribution in [-0.2, 0) is 0 Å².